The fourth-order valence-electron chi connectivity index (χ4n) is 5.16. The number of piperidine rings is 1. The third-order valence-electron chi connectivity index (χ3n) is 7.37. The molecule has 202 valence electrons. The highest BCUT2D eigenvalue weighted by Crippen LogP contribution is 2.46. The van der Waals surface area contributed by atoms with E-state index in [1.807, 2.05) is 6.92 Å². The van der Waals surface area contributed by atoms with Crippen LogP contribution in [0, 0.1) is 24.6 Å². The number of methoxy groups -OCH3 is 1. The molecule has 39 heavy (non-hydrogen) atoms. The van der Waals surface area contributed by atoms with Gasteiger partial charge < -0.3 is 15.0 Å². The number of fused-ring (bicyclic) bond motifs is 1. The summed E-state index contributed by atoms with van der Waals surface area (Å²) < 4.78 is 23.2. The van der Waals surface area contributed by atoms with Crippen LogP contribution in [-0.4, -0.2) is 61.1 Å². The Kier molecular flexibility index (Phi) is 6.73. The molecule has 1 aliphatic heterocycles. The molecule has 0 spiro atoms. The lowest BCUT2D eigenvalue weighted by Gasteiger charge is -2.20. The number of halogens is 2. The Labute approximate surface area is 228 Å². The molecule has 11 nitrogen and oxygen atoms in total. The molecule has 4 heterocycles. The number of amides is 1. The van der Waals surface area contributed by atoms with Crippen LogP contribution in [0.2, 0.25) is 5.02 Å². The quantitative estimate of drug-likeness (QED) is 0.337. The molecule has 1 saturated heterocycles. The highest BCUT2D eigenvalue weighted by molar-refractivity contribution is 6.30. The maximum atomic E-state index is 14.9. The van der Waals surface area contributed by atoms with Gasteiger partial charge in [-0.05, 0) is 59.4 Å². The summed E-state index contributed by atoms with van der Waals surface area (Å²) in [6.07, 6.45) is 4.36. The SMILES string of the molecule is COCc1nn(Cc2ccc(N3CC4CC4C3)nc2C)cc1C(=O)NCc1c(-n2cnnn2)ccc(Cl)c1F. The average Bonchev–Trinajstić information content (AvgIpc) is 3.33. The summed E-state index contributed by atoms with van der Waals surface area (Å²) in [4.78, 5) is 20.4. The number of carbonyl (C=O) groups excluding carboxylic acids is 1. The lowest BCUT2D eigenvalue weighted by molar-refractivity contribution is 0.0945. The molecule has 1 N–H and O–H groups in total. The molecule has 1 saturated carbocycles. The van der Waals surface area contributed by atoms with Crippen molar-refractivity contribution in [3.8, 4) is 5.69 Å². The van der Waals surface area contributed by atoms with Gasteiger partial charge in [-0.1, -0.05) is 17.7 Å². The van der Waals surface area contributed by atoms with Gasteiger partial charge in [-0.15, -0.1) is 5.10 Å². The molecule has 0 radical (unpaired) electrons. The van der Waals surface area contributed by atoms with Crippen molar-refractivity contribution in [3.63, 3.8) is 0 Å². The van der Waals surface area contributed by atoms with Gasteiger partial charge in [0.15, 0.2) is 0 Å². The van der Waals surface area contributed by atoms with Gasteiger partial charge in [0.05, 0.1) is 29.4 Å². The van der Waals surface area contributed by atoms with E-state index in [4.69, 9.17) is 21.3 Å². The molecule has 2 unspecified atom stereocenters. The third-order valence-corrected chi connectivity index (χ3v) is 7.66. The Morgan fingerprint density at radius 2 is 2.05 bits per heavy atom. The second-order valence-electron chi connectivity index (χ2n) is 9.99. The van der Waals surface area contributed by atoms with E-state index in [9.17, 15) is 9.18 Å². The molecule has 13 heteroatoms. The van der Waals surface area contributed by atoms with E-state index in [1.54, 1.807) is 16.9 Å². The number of ether oxygens (including phenoxy) is 1. The molecule has 0 bridgehead atoms. The summed E-state index contributed by atoms with van der Waals surface area (Å²) >= 11 is 6.01. The number of nitrogens with one attached hydrogen (secondary N) is 1. The van der Waals surface area contributed by atoms with Gasteiger partial charge in [0, 0.05) is 44.2 Å². The largest absolute Gasteiger partial charge is 0.378 e. The topological polar surface area (TPSA) is 116 Å². The smallest absolute Gasteiger partial charge is 0.255 e. The van der Waals surface area contributed by atoms with Crippen molar-refractivity contribution < 1.29 is 13.9 Å². The number of carbonyl (C=O) groups is 1. The molecular formula is C26H27ClFN9O2. The number of aryl methyl sites for hydroxylation is 1. The number of pyridine rings is 1. The Bertz CT molecular complexity index is 1510. The molecule has 2 fully saturated rings. The predicted molar refractivity (Wildman–Crippen MR) is 140 cm³/mol. The average molecular weight is 552 g/mol. The molecule has 3 aromatic heterocycles. The van der Waals surface area contributed by atoms with Crippen molar-refractivity contribution in [2.75, 3.05) is 25.1 Å². The zero-order chi connectivity index (χ0) is 27.1. The lowest BCUT2D eigenvalue weighted by atomic mass is 10.1. The van der Waals surface area contributed by atoms with E-state index in [0.717, 1.165) is 42.0 Å². The number of hydrogen-bond acceptors (Lipinski definition) is 8. The van der Waals surface area contributed by atoms with E-state index in [-0.39, 0.29) is 23.7 Å². The zero-order valence-corrected chi connectivity index (χ0v) is 22.3. The molecular weight excluding hydrogens is 525 g/mol. The summed E-state index contributed by atoms with van der Waals surface area (Å²) in [5.41, 5.74) is 3.26. The van der Waals surface area contributed by atoms with Gasteiger partial charge in [0.25, 0.3) is 5.91 Å². The second kappa shape index (κ2) is 10.3. The van der Waals surface area contributed by atoms with Crippen LogP contribution in [0.3, 0.4) is 0 Å². The molecule has 4 aromatic rings. The lowest BCUT2D eigenvalue weighted by Crippen LogP contribution is -2.25. The Morgan fingerprint density at radius 3 is 2.77 bits per heavy atom. The van der Waals surface area contributed by atoms with Crippen LogP contribution in [0.25, 0.3) is 5.69 Å². The van der Waals surface area contributed by atoms with Gasteiger partial charge in [-0.25, -0.2) is 14.1 Å². The highest BCUT2D eigenvalue weighted by Gasteiger charge is 2.45. The summed E-state index contributed by atoms with van der Waals surface area (Å²) in [6, 6.07) is 7.13. The Morgan fingerprint density at radius 1 is 1.23 bits per heavy atom. The fraction of sp³-hybridized carbons (Fsp3) is 0.385. The van der Waals surface area contributed by atoms with Gasteiger partial charge >= 0.3 is 0 Å². The first-order valence-electron chi connectivity index (χ1n) is 12.7. The van der Waals surface area contributed by atoms with Crippen molar-refractivity contribution in [1.82, 2.24) is 40.3 Å². The van der Waals surface area contributed by atoms with Crippen LogP contribution in [0.5, 0.6) is 0 Å². The normalized spacial score (nSPS) is 17.9. The van der Waals surface area contributed by atoms with Crippen molar-refractivity contribution >= 4 is 23.3 Å². The van der Waals surface area contributed by atoms with E-state index in [1.165, 1.54) is 30.6 Å². The number of nitrogens with zero attached hydrogens (tertiary/aromatic N) is 8. The van der Waals surface area contributed by atoms with Crippen LogP contribution < -0.4 is 10.2 Å². The van der Waals surface area contributed by atoms with Gasteiger partial charge in [-0.3, -0.25) is 9.48 Å². The van der Waals surface area contributed by atoms with Crippen LogP contribution in [0.4, 0.5) is 10.2 Å². The van der Waals surface area contributed by atoms with E-state index < -0.39 is 11.7 Å². The summed E-state index contributed by atoms with van der Waals surface area (Å²) in [5, 5.41) is 18.3. The molecule has 1 aromatic carbocycles. The molecule has 1 amide bonds. The number of anilines is 1. The van der Waals surface area contributed by atoms with Crippen molar-refractivity contribution in [2.45, 2.75) is 33.0 Å². The Balaban J connectivity index is 1.19. The number of benzene rings is 1. The van der Waals surface area contributed by atoms with Crippen molar-refractivity contribution in [3.05, 3.63) is 75.7 Å². The minimum absolute atomic E-state index is 0.0690. The maximum absolute atomic E-state index is 14.9. The van der Waals surface area contributed by atoms with Crippen molar-refractivity contribution in [2.24, 2.45) is 11.8 Å². The predicted octanol–water partition coefficient (Wildman–Crippen LogP) is 2.94. The number of tetrazole rings is 1. The first-order valence-corrected chi connectivity index (χ1v) is 13.0. The molecule has 1 aliphatic carbocycles. The number of aromatic nitrogens is 7. The first kappa shape index (κ1) is 25.4. The Hall–Kier alpha value is -3.90. The summed E-state index contributed by atoms with van der Waals surface area (Å²) in [5.74, 6) is 1.60. The van der Waals surface area contributed by atoms with Gasteiger partial charge in [0.2, 0.25) is 0 Å². The number of rotatable bonds is 9. The molecule has 2 atom stereocenters. The van der Waals surface area contributed by atoms with Crippen molar-refractivity contribution in [1.29, 1.82) is 0 Å². The van der Waals surface area contributed by atoms with Crippen LogP contribution in [0.1, 0.15) is 39.3 Å². The van der Waals surface area contributed by atoms with Crippen LogP contribution in [0.15, 0.2) is 36.8 Å². The highest BCUT2D eigenvalue weighted by atomic mass is 35.5. The van der Waals surface area contributed by atoms with E-state index >= 15 is 0 Å². The number of hydrogen-bond donors (Lipinski definition) is 1. The maximum Gasteiger partial charge on any atom is 0.255 e. The zero-order valence-electron chi connectivity index (χ0n) is 21.5. The third kappa shape index (κ3) is 5.09. The van der Waals surface area contributed by atoms with Gasteiger partial charge in [0.1, 0.15) is 23.7 Å². The van der Waals surface area contributed by atoms with Gasteiger partial charge in [-0.2, -0.15) is 5.10 Å². The molecule has 6 rings (SSSR count). The minimum Gasteiger partial charge on any atom is -0.378 e. The molecule has 2 aliphatic rings. The second-order valence-corrected chi connectivity index (χ2v) is 10.4. The van der Waals surface area contributed by atoms with E-state index in [0.29, 0.717) is 23.5 Å². The van der Waals surface area contributed by atoms with E-state index in [2.05, 4.69) is 43.0 Å². The first-order chi connectivity index (χ1) is 18.9. The minimum atomic E-state index is -0.657. The standard InChI is InChI=1S/C26H27ClFN9O2/c1-15-16(3-6-24(31-15)35-9-17-7-18(17)10-35)11-36-12-20(22(32-36)13-39-2)26(38)29-8-19-23(37-14-30-33-34-37)5-4-21(27)25(19)28/h3-6,12,14,17-18H,7-11,13H2,1-2H3,(H,29,38). The summed E-state index contributed by atoms with van der Waals surface area (Å²) in [6.45, 7) is 4.62. The monoisotopic (exact) mass is 551 g/mol. The van der Waals surface area contributed by atoms with Crippen LogP contribution in [-0.2, 0) is 24.4 Å². The van der Waals surface area contributed by atoms with Crippen LogP contribution >= 0.6 is 11.6 Å². The fourth-order valence-corrected chi connectivity index (χ4v) is 5.33. The summed E-state index contributed by atoms with van der Waals surface area (Å²) in [7, 11) is 1.54.